The van der Waals surface area contributed by atoms with E-state index in [9.17, 15) is 8.78 Å². The normalized spacial score (nSPS) is 28.4. The summed E-state index contributed by atoms with van der Waals surface area (Å²) >= 11 is 5.20. The van der Waals surface area contributed by atoms with Gasteiger partial charge in [0.2, 0.25) is 0 Å². The fourth-order valence-corrected chi connectivity index (χ4v) is 3.60. The predicted octanol–water partition coefficient (Wildman–Crippen LogP) is 3.44. The Hall–Kier alpha value is -1.23. The van der Waals surface area contributed by atoms with Crippen LogP contribution < -0.4 is 10.6 Å². The standard InChI is InChI=1S/C14H16F2N2S/c15-10-3-4-12(11(16)7-10)17-14(19)18-13-6-8-1-2-9(13)5-8/h3-4,7-9,13H,1-2,5-6H2,(H2,17,18,19)/t8-,9+,13-/m0/s1. The molecule has 5 heteroatoms. The zero-order valence-electron chi connectivity index (χ0n) is 10.5. The maximum Gasteiger partial charge on any atom is 0.171 e. The Morgan fingerprint density at radius 2 is 2.05 bits per heavy atom. The molecule has 1 aromatic rings. The first-order valence-corrected chi connectivity index (χ1v) is 7.05. The Morgan fingerprint density at radius 3 is 2.68 bits per heavy atom. The van der Waals surface area contributed by atoms with Crippen molar-refractivity contribution in [2.75, 3.05) is 5.32 Å². The van der Waals surface area contributed by atoms with E-state index in [1.165, 1.54) is 31.4 Å². The second-order valence-corrected chi connectivity index (χ2v) is 5.91. The average Bonchev–Trinajstić information content (AvgIpc) is 2.95. The van der Waals surface area contributed by atoms with E-state index in [2.05, 4.69) is 10.6 Å². The van der Waals surface area contributed by atoms with Crippen LogP contribution in [0.5, 0.6) is 0 Å². The van der Waals surface area contributed by atoms with Crippen molar-refractivity contribution in [2.45, 2.75) is 31.7 Å². The third-order valence-electron chi connectivity index (χ3n) is 4.23. The Bertz CT molecular complexity index is 506. The number of halogens is 2. The molecule has 2 aliphatic rings. The number of anilines is 1. The third-order valence-corrected chi connectivity index (χ3v) is 4.45. The summed E-state index contributed by atoms with van der Waals surface area (Å²) in [5, 5.41) is 6.48. The molecule has 3 rings (SSSR count). The summed E-state index contributed by atoms with van der Waals surface area (Å²) in [7, 11) is 0. The lowest BCUT2D eigenvalue weighted by molar-refractivity contribution is 0.391. The van der Waals surface area contributed by atoms with Crippen molar-refractivity contribution < 1.29 is 8.78 Å². The number of thiocarbonyl (C=S) groups is 1. The summed E-state index contributed by atoms with van der Waals surface area (Å²) in [6.45, 7) is 0. The highest BCUT2D eigenvalue weighted by Crippen LogP contribution is 2.44. The molecule has 2 bridgehead atoms. The van der Waals surface area contributed by atoms with Gasteiger partial charge in [0, 0.05) is 12.1 Å². The fraction of sp³-hybridized carbons (Fsp3) is 0.500. The number of rotatable bonds is 2. The van der Waals surface area contributed by atoms with E-state index >= 15 is 0 Å². The molecule has 1 aromatic carbocycles. The molecule has 2 fully saturated rings. The van der Waals surface area contributed by atoms with Crippen molar-refractivity contribution in [3.05, 3.63) is 29.8 Å². The van der Waals surface area contributed by atoms with Gasteiger partial charge < -0.3 is 10.6 Å². The molecule has 0 unspecified atom stereocenters. The summed E-state index contributed by atoms with van der Waals surface area (Å²) in [6.07, 6.45) is 5.02. The lowest BCUT2D eigenvalue weighted by Gasteiger charge is -2.24. The van der Waals surface area contributed by atoms with Crippen molar-refractivity contribution in [3.63, 3.8) is 0 Å². The molecule has 3 atom stereocenters. The van der Waals surface area contributed by atoms with Crippen molar-refractivity contribution in [1.82, 2.24) is 5.32 Å². The highest BCUT2D eigenvalue weighted by molar-refractivity contribution is 7.80. The highest BCUT2D eigenvalue weighted by Gasteiger charge is 2.39. The van der Waals surface area contributed by atoms with Gasteiger partial charge in [-0.25, -0.2) is 8.78 Å². The van der Waals surface area contributed by atoms with Gasteiger partial charge in [0.1, 0.15) is 11.6 Å². The molecule has 2 saturated carbocycles. The Morgan fingerprint density at radius 1 is 1.21 bits per heavy atom. The smallest absolute Gasteiger partial charge is 0.171 e. The molecule has 0 radical (unpaired) electrons. The van der Waals surface area contributed by atoms with Crippen LogP contribution in [-0.2, 0) is 0 Å². The minimum absolute atomic E-state index is 0.210. The molecule has 2 aliphatic carbocycles. The summed E-state index contributed by atoms with van der Waals surface area (Å²) in [4.78, 5) is 0. The van der Waals surface area contributed by atoms with Crippen molar-refractivity contribution in [3.8, 4) is 0 Å². The quantitative estimate of drug-likeness (QED) is 0.813. The van der Waals surface area contributed by atoms with Crippen LogP contribution in [0.1, 0.15) is 25.7 Å². The molecular formula is C14H16F2N2S. The molecule has 0 spiro atoms. The average molecular weight is 282 g/mol. The van der Waals surface area contributed by atoms with Gasteiger partial charge >= 0.3 is 0 Å². The fourth-order valence-electron chi connectivity index (χ4n) is 3.34. The van der Waals surface area contributed by atoms with Crippen LogP contribution in [0, 0.1) is 23.5 Å². The van der Waals surface area contributed by atoms with Crippen LogP contribution in [-0.4, -0.2) is 11.2 Å². The van der Waals surface area contributed by atoms with Crippen LogP contribution in [0.25, 0.3) is 0 Å². The van der Waals surface area contributed by atoms with Crippen molar-refractivity contribution in [2.24, 2.45) is 11.8 Å². The zero-order chi connectivity index (χ0) is 13.4. The first kappa shape index (κ1) is 12.8. The van der Waals surface area contributed by atoms with Gasteiger partial charge in [0.25, 0.3) is 0 Å². The third kappa shape index (κ3) is 2.71. The van der Waals surface area contributed by atoms with Crippen LogP contribution >= 0.6 is 12.2 Å². The topological polar surface area (TPSA) is 24.1 Å². The second kappa shape index (κ2) is 5.04. The molecule has 0 saturated heterocycles. The van der Waals surface area contributed by atoms with Gasteiger partial charge in [-0.2, -0.15) is 0 Å². The maximum atomic E-state index is 13.5. The molecule has 102 valence electrons. The number of nitrogens with one attached hydrogen (secondary N) is 2. The largest absolute Gasteiger partial charge is 0.359 e. The Kier molecular flexibility index (Phi) is 3.39. The van der Waals surface area contributed by atoms with Crippen LogP contribution in [0.15, 0.2) is 18.2 Å². The lowest BCUT2D eigenvalue weighted by atomic mass is 9.96. The molecule has 0 aliphatic heterocycles. The van der Waals surface area contributed by atoms with E-state index in [-0.39, 0.29) is 5.69 Å². The molecule has 0 heterocycles. The number of hydrogen-bond acceptors (Lipinski definition) is 1. The molecule has 19 heavy (non-hydrogen) atoms. The monoisotopic (exact) mass is 282 g/mol. The first-order chi connectivity index (χ1) is 9.11. The van der Waals surface area contributed by atoms with E-state index in [0.29, 0.717) is 17.1 Å². The van der Waals surface area contributed by atoms with Crippen LogP contribution in [0.2, 0.25) is 0 Å². The van der Waals surface area contributed by atoms with Gasteiger partial charge in [0.15, 0.2) is 5.11 Å². The minimum atomic E-state index is -0.628. The van der Waals surface area contributed by atoms with E-state index < -0.39 is 11.6 Å². The van der Waals surface area contributed by atoms with Gasteiger partial charge in [-0.1, -0.05) is 6.42 Å². The summed E-state index contributed by atoms with van der Waals surface area (Å²) in [5.74, 6) is 0.308. The van der Waals surface area contributed by atoms with Gasteiger partial charge in [-0.05, 0) is 55.4 Å². The molecule has 2 N–H and O–H groups in total. The van der Waals surface area contributed by atoms with Crippen LogP contribution in [0.4, 0.5) is 14.5 Å². The van der Waals surface area contributed by atoms with E-state index in [4.69, 9.17) is 12.2 Å². The summed E-state index contributed by atoms with van der Waals surface area (Å²) in [6, 6.07) is 3.83. The van der Waals surface area contributed by atoms with Gasteiger partial charge in [-0.3, -0.25) is 0 Å². The first-order valence-electron chi connectivity index (χ1n) is 6.64. The van der Waals surface area contributed by atoms with Crippen LogP contribution in [0.3, 0.4) is 0 Å². The lowest BCUT2D eigenvalue weighted by Crippen LogP contribution is -2.40. The maximum absolute atomic E-state index is 13.5. The Labute approximate surface area is 116 Å². The van der Waals surface area contributed by atoms with E-state index in [1.807, 2.05) is 0 Å². The zero-order valence-corrected chi connectivity index (χ0v) is 11.3. The Balaban J connectivity index is 1.59. The van der Waals surface area contributed by atoms with E-state index in [1.54, 1.807) is 0 Å². The predicted molar refractivity (Wildman–Crippen MR) is 75.0 cm³/mol. The second-order valence-electron chi connectivity index (χ2n) is 5.50. The molecule has 0 aromatic heterocycles. The molecule has 2 nitrogen and oxygen atoms in total. The summed E-state index contributed by atoms with van der Waals surface area (Å²) < 4.78 is 26.3. The molecular weight excluding hydrogens is 266 g/mol. The van der Waals surface area contributed by atoms with Crippen molar-refractivity contribution >= 4 is 23.0 Å². The van der Waals surface area contributed by atoms with Gasteiger partial charge in [-0.15, -0.1) is 0 Å². The SMILES string of the molecule is Fc1ccc(NC(=S)N[C@H]2C[C@H]3CC[C@@H]2C3)c(F)c1. The van der Waals surface area contributed by atoms with Crippen molar-refractivity contribution in [1.29, 1.82) is 0 Å². The van der Waals surface area contributed by atoms with Gasteiger partial charge in [0.05, 0.1) is 5.69 Å². The summed E-state index contributed by atoms with van der Waals surface area (Å²) in [5.41, 5.74) is 0.210. The highest BCUT2D eigenvalue weighted by atomic mass is 32.1. The number of benzene rings is 1. The number of fused-ring (bicyclic) bond motifs is 2. The van der Waals surface area contributed by atoms with E-state index in [0.717, 1.165) is 18.4 Å². The minimum Gasteiger partial charge on any atom is -0.359 e. The number of hydrogen-bond donors (Lipinski definition) is 2. The molecule has 0 amide bonds.